The largest absolute Gasteiger partial charge is 0.345 e. The Hall–Kier alpha value is -2.15. The first kappa shape index (κ1) is 18.6. The average Bonchev–Trinajstić information content (AvgIpc) is 2.98. The normalized spacial score (nSPS) is 12.2. The van der Waals surface area contributed by atoms with E-state index in [0.29, 0.717) is 6.04 Å². The summed E-state index contributed by atoms with van der Waals surface area (Å²) in [6.45, 7) is 6.00. The molecule has 0 fully saturated rings. The molecule has 0 radical (unpaired) electrons. The maximum atomic E-state index is 11.3. The summed E-state index contributed by atoms with van der Waals surface area (Å²) in [6, 6.07) is 15.6. The van der Waals surface area contributed by atoms with Crippen LogP contribution in [0.25, 0.3) is 10.9 Å². The van der Waals surface area contributed by atoms with Crippen LogP contribution in [0.5, 0.6) is 0 Å². The van der Waals surface area contributed by atoms with Crippen molar-refractivity contribution in [3.8, 4) is 0 Å². The third kappa shape index (κ3) is 4.15. The Balaban J connectivity index is 1.61. The SMILES string of the molecule is CC(C)n1cc(CNCCc2ccc(S(N)(=O)=O)cc2)c2ccccc21. The fraction of sp³-hybridized carbons (Fsp3) is 0.300. The van der Waals surface area contributed by atoms with Crippen LogP contribution in [-0.2, 0) is 23.0 Å². The maximum Gasteiger partial charge on any atom is 0.238 e. The number of benzene rings is 2. The van der Waals surface area contributed by atoms with Crippen LogP contribution in [0.3, 0.4) is 0 Å². The van der Waals surface area contributed by atoms with Gasteiger partial charge < -0.3 is 9.88 Å². The van der Waals surface area contributed by atoms with Crippen LogP contribution in [0.2, 0.25) is 0 Å². The van der Waals surface area contributed by atoms with Gasteiger partial charge >= 0.3 is 0 Å². The van der Waals surface area contributed by atoms with Gasteiger partial charge in [-0.1, -0.05) is 30.3 Å². The Kier molecular flexibility index (Phi) is 5.46. The van der Waals surface area contributed by atoms with Gasteiger partial charge in [0.15, 0.2) is 0 Å². The van der Waals surface area contributed by atoms with E-state index in [1.165, 1.54) is 16.5 Å². The molecule has 0 bridgehead atoms. The molecule has 0 spiro atoms. The number of primary sulfonamides is 1. The molecule has 0 atom stereocenters. The van der Waals surface area contributed by atoms with Gasteiger partial charge in [0.25, 0.3) is 0 Å². The number of rotatable bonds is 7. The first-order valence-corrected chi connectivity index (χ1v) is 10.3. The van der Waals surface area contributed by atoms with E-state index in [1.54, 1.807) is 12.1 Å². The van der Waals surface area contributed by atoms with Crippen molar-refractivity contribution in [1.29, 1.82) is 0 Å². The predicted molar refractivity (Wildman–Crippen MR) is 106 cm³/mol. The smallest absolute Gasteiger partial charge is 0.238 e. The highest BCUT2D eigenvalue weighted by atomic mass is 32.2. The third-order valence-corrected chi connectivity index (χ3v) is 5.47. The predicted octanol–water partition coefficient (Wildman–Crippen LogP) is 3.20. The molecule has 0 saturated heterocycles. The van der Waals surface area contributed by atoms with Gasteiger partial charge in [0, 0.05) is 29.7 Å². The number of para-hydroxylation sites is 1. The minimum Gasteiger partial charge on any atom is -0.345 e. The van der Waals surface area contributed by atoms with E-state index >= 15 is 0 Å². The molecule has 2 aromatic carbocycles. The summed E-state index contributed by atoms with van der Waals surface area (Å²) in [4.78, 5) is 0.149. The van der Waals surface area contributed by atoms with Crippen LogP contribution in [0, 0.1) is 0 Å². The van der Waals surface area contributed by atoms with E-state index in [1.807, 2.05) is 12.1 Å². The van der Waals surface area contributed by atoms with Crippen molar-refractivity contribution >= 4 is 20.9 Å². The second kappa shape index (κ2) is 7.61. The van der Waals surface area contributed by atoms with Crippen LogP contribution in [0.15, 0.2) is 59.6 Å². The summed E-state index contributed by atoms with van der Waals surface area (Å²) in [7, 11) is -3.62. The summed E-state index contributed by atoms with van der Waals surface area (Å²) in [5.74, 6) is 0. The summed E-state index contributed by atoms with van der Waals surface area (Å²) in [5, 5.41) is 9.89. The van der Waals surface area contributed by atoms with Crippen molar-refractivity contribution in [3.05, 3.63) is 65.9 Å². The first-order chi connectivity index (χ1) is 12.4. The zero-order valence-electron chi connectivity index (χ0n) is 15.1. The standard InChI is InChI=1S/C20H25N3O2S/c1-15(2)23-14-17(19-5-3-4-6-20(19)23)13-22-12-11-16-7-9-18(10-8-16)26(21,24)25/h3-10,14-15,22H,11-13H2,1-2H3,(H2,21,24,25). The van der Waals surface area contributed by atoms with Crippen LogP contribution in [-0.4, -0.2) is 19.5 Å². The second-order valence-electron chi connectivity index (χ2n) is 6.79. The summed E-state index contributed by atoms with van der Waals surface area (Å²) < 4.78 is 24.9. The summed E-state index contributed by atoms with van der Waals surface area (Å²) >= 11 is 0. The molecule has 0 aliphatic heterocycles. The second-order valence-corrected chi connectivity index (χ2v) is 8.35. The fourth-order valence-electron chi connectivity index (χ4n) is 3.15. The molecule has 1 heterocycles. The van der Waals surface area contributed by atoms with Crippen molar-refractivity contribution in [2.45, 2.75) is 37.8 Å². The zero-order chi connectivity index (χ0) is 18.7. The minimum absolute atomic E-state index is 0.149. The molecule has 138 valence electrons. The number of sulfonamides is 1. The minimum atomic E-state index is -3.62. The number of hydrogen-bond donors (Lipinski definition) is 2. The molecular weight excluding hydrogens is 346 g/mol. The lowest BCUT2D eigenvalue weighted by molar-refractivity contribution is 0.597. The quantitative estimate of drug-likeness (QED) is 0.626. The van der Waals surface area contributed by atoms with Crippen molar-refractivity contribution in [1.82, 2.24) is 9.88 Å². The molecule has 3 rings (SSSR count). The molecule has 0 aliphatic carbocycles. The van der Waals surface area contributed by atoms with E-state index in [4.69, 9.17) is 5.14 Å². The Morgan fingerprint density at radius 1 is 1.08 bits per heavy atom. The molecule has 1 aromatic heterocycles. The van der Waals surface area contributed by atoms with Crippen molar-refractivity contribution in [3.63, 3.8) is 0 Å². The summed E-state index contributed by atoms with van der Waals surface area (Å²) in [5.41, 5.74) is 3.63. The average molecular weight is 372 g/mol. The van der Waals surface area contributed by atoms with E-state index in [-0.39, 0.29) is 4.90 Å². The van der Waals surface area contributed by atoms with E-state index < -0.39 is 10.0 Å². The van der Waals surface area contributed by atoms with Gasteiger partial charge in [-0.15, -0.1) is 0 Å². The fourth-order valence-corrected chi connectivity index (χ4v) is 3.66. The number of aromatic nitrogens is 1. The number of fused-ring (bicyclic) bond motifs is 1. The lowest BCUT2D eigenvalue weighted by Gasteiger charge is -2.08. The summed E-state index contributed by atoms with van der Waals surface area (Å²) in [6.07, 6.45) is 3.05. The Bertz CT molecular complexity index is 990. The van der Waals surface area contributed by atoms with Crippen molar-refractivity contribution in [2.24, 2.45) is 5.14 Å². The first-order valence-electron chi connectivity index (χ1n) is 8.77. The van der Waals surface area contributed by atoms with Gasteiger partial charge in [-0.25, -0.2) is 13.6 Å². The van der Waals surface area contributed by atoms with Crippen LogP contribution in [0.1, 0.15) is 31.0 Å². The molecule has 26 heavy (non-hydrogen) atoms. The van der Waals surface area contributed by atoms with Crippen molar-refractivity contribution in [2.75, 3.05) is 6.54 Å². The number of nitrogens with two attached hydrogens (primary N) is 1. The van der Waals surface area contributed by atoms with Crippen molar-refractivity contribution < 1.29 is 8.42 Å². The lowest BCUT2D eigenvalue weighted by Crippen LogP contribution is -2.17. The molecule has 3 N–H and O–H groups in total. The van der Waals surface area contributed by atoms with E-state index in [2.05, 4.69) is 54.2 Å². The highest BCUT2D eigenvalue weighted by molar-refractivity contribution is 7.89. The molecule has 0 aliphatic rings. The monoisotopic (exact) mass is 371 g/mol. The van der Waals surface area contributed by atoms with Gasteiger partial charge in [-0.2, -0.15) is 0 Å². The molecule has 3 aromatic rings. The molecular formula is C20H25N3O2S. The molecule has 6 heteroatoms. The van der Waals surface area contributed by atoms with Gasteiger partial charge in [0.1, 0.15) is 0 Å². The highest BCUT2D eigenvalue weighted by Gasteiger charge is 2.10. The number of nitrogens with one attached hydrogen (secondary N) is 1. The third-order valence-electron chi connectivity index (χ3n) is 4.54. The Morgan fingerprint density at radius 3 is 2.42 bits per heavy atom. The van der Waals surface area contributed by atoms with Gasteiger partial charge in [-0.05, 0) is 56.1 Å². The van der Waals surface area contributed by atoms with Crippen LogP contribution < -0.4 is 10.5 Å². The number of nitrogens with zero attached hydrogens (tertiary/aromatic N) is 1. The molecule has 0 saturated carbocycles. The van der Waals surface area contributed by atoms with Crippen LogP contribution >= 0.6 is 0 Å². The maximum absolute atomic E-state index is 11.3. The van der Waals surface area contributed by atoms with E-state index in [9.17, 15) is 8.42 Å². The number of hydrogen-bond acceptors (Lipinski definition) is 3. The molecule has 0 amide bonds. The van der Waals surface area contributed by atoms with Gasteiger partial charge in [0.05, 0.1) is 4.90 Å². The lowest BCUT2D eigenvalue weighted by atomic mass is 10.1. The van der Waals surface area contributed by atoms with Gasteiger partial charge in [0.2, 0.25) is 10.0 Å². The molecule has 5 nitrogen and oxygen atoms in total. The van der Waals surface area contributed by atoms with Crippen LogP contribution in [0.4, 0.5) is 0 Å². The van der Waals surface area contributed by atoms with Gasteiger partial charge in [-0.3, -0.25) is 0 Å². The Morgan fingerprint density at radius 2 is 1.77 bits per heavy atom. The topological polar surface area (TPSA) is 77.1 Å². The zero-order valence-corrected chi connectivity index (χ0v) is 16.0. The highest BCUT2D eigenvalue weighted by Crippen LogP contribution is 2.24. The van der Waals surface area contributed by atoms with E-state index in [0.717, 1.165) is 25.1 Å². The Labute approximate surface area is 154 Å². The molecule has 0 unspecified atom stereocenters.